The molecule has 7 heteroatoms. The summed E-state index contributed by atoms with van der Waals surface area (Å²) in [6, 6.07) is 3.02. The lowest BCUT2D eigenvalue weighted by molar-refractivity contribution is -0.116. The molecule has 0 aliphatic heterocycles. The van der Waals surface area contributed by atoms with Crippen LogP contribution in [0.25, 0.3) is 0 Å². The van der Waals surface area contributed by atoms with Crippen LogP contribution in [0.1, 0.15) is 18.4 Å². The Kier molecular flexibility index (Phi) is 3.74. The summed E-state index contributed by atoms with van der Waals surface area (Å²) in [4.78, 5) is 27.5. The van der Waals surface area contributed by atoms with Gasteiger partial charge in [0.05, 0.1) is 6.33 Å². The summed E-state index contributed by atoms with van der Waals surface area (Å²) in [6.45, 7) is 3.52. The fourth-order valence-electron chi connectivity index (χ4n) is 1.54. The zero-order chi connectivity index (χ0) is 13.8. The molecule has 0 aliphatic carbocycles. The van der Waals surface area contributed by atoms with Gasteiger partial charge in [-0.25, -0.2) is 4.98 Å². The lowest BCUT2D eigenvalue weighted by atomic mass is 10.3. The van der Waals surface area contributed by atoms with Crippen molar-refractivity contribution in [2.45, 2.75) is 26.8 Å². The van der Waals surface area contributed by atoms with E-state index in [-0.39, 0.29) is 18.0 Å². The maximum absolute atomic E-state index is 11.7. The van der Waals surface area contributed by atoms with Gasteiger partial charge in [-0.1, -0.05) is 12.1 Å². The number of amides is 1. The summed E-state index contributed by atoms with van der Waals surface area (Å²) in [5.74, 6) is 0.566. The standard InChI is InChI=1S/C12H14N4O3/c1-3-9-5-12(18)16(7-13-9)6-11(17)14-10-4-8(2)19-15-10/h4-5,7H,3,6H2,1-2H3,(H,14,15,17). The molecule has 0 aliphatic rings. The first kappa shape index (κ1) is 13.0. The molecule has 1 amide bonds. The van der Waals surface area contributed by atoms with E-state index in [1.165, 1.54) is 17.0 Å². The third-order valence-electron chi connectivity index (χ3n) is 2.51. The molecule has 0 unspecified atom stereocenters. The summed E-state index contributed by atoms with van der Waals surface area (Å²) in [5, 5.41) is 6.17. The van der Waals surface area contributed by atoms with Gasteiger partial charge in [-0.15, -0.1) is 0 Å². The fourth-order valence-corrected chi connectivity index (χ4v) is 1.54. The molecule has 0 atom stereocenters. The first-order valence-electron chi connectivity index (χ1n) is 5.87. The number of nitrogens with one attached hydrogen (secondary N) is 1. The monoisotopic (exact) mass is 262 g/mol. The number of hydrogen-bond donors (Lipinski definition) is 1. The predicted octanol–water partition coefficient (Wildman–Crippen LogP) is 0.741. The molecule has 7 nitrogen and oxygen atoms in total. The number of carbonyl (C=O) groups excluding carboxylic acids is 1. The molecule has 1 N–H and O–H groups in total. The van der Waals surface area contributed by atoms with Crippen LogP contribution in [0.4, 0.5) is 5.82 Å². The van der Waals surface area contributed by atoms with Crippen molar-refractivity contribution < 1.29 is 9.32 Å². The van der Waals surface area contributed by atoms with Crippen molar-refractivity contribution in [3.8, 4) is 0 Å². The summed E-state index contributed by atoms with van der Waals surface area (Å²) >= 11 is 0. The highest BCUT2D eigenvalue weighted by Crippen LogP contribution is 2.06. The largest absolute Gasteiger partial charge is 0.360 e. The van der Waals surface area contributed by atoms with E-state index >= 15 is 0 Å². The second-order valence-electron chi connectivity index (χ2n) is 4.07. The second-order valence-corrected chi connectivity index (χ2v) is 4.07. The number of aryl methyl sites for hydroxylation is 2. The summed E-state index contributed by atoms with van der Waals surface area (Å²) < 4.78 is 6.06. The van der Waals surface area contributed by atoms with E-state index in [1.54, 1.807) is 13.0 Å². The Balaban J connectivity index is 2.05. The molecule has 0 aromatic carbocycles. The van der Waals surface area contributed by atoms with Crippen LogP contribution in [0.3, 0.4) is 0 Å². The third-order valence-corrected chi connectivity index (χ3v) is 2.51. The number of carbonyl (C=O) groups is 1. The maximum atomic E-state index is 11.7. The minimum Gasteiger partial charge on any atom is -0.360 e. The van der Waals surface area contributed by atoms with E-state index in [2.05, 4.69) is 15.5 Å². The average Bonchev–Trinajstić information content (AvgIpc) is 2.77. The van der Waals surface area contributed by atoms with Crippen LogP contribution < -0.4 is 10.9 Å². The van der Waals surface area contributed by atoms with E-state index in [1.807, 2.05) is 6.92 Å². The lowest BCUT2D eigenvalue weighted by Gasteiger charge is -2.05. The molecule has 0 saturated heterocycles. The Morgan fingerprint density at radius 2 is 2.26 bits per heavy atom. The smallest absolute Gasteiger partial charge is 0.253 e. The maximum Gasteiger partial charge on any atom is 0.253 e. The molecule has 2 rings (SSSR count). The predicted molar refractivity (Wildman–Crippen MR) is 67.7 cm³/mol. The van der Waals surface area contributed by atoms with Gasteiger partial charge in [0.15, 0.2) is 5.82 Å². The Morgan fingerprint density at radius 3 is 2.84 bits per heavy atom. The Hall–Kier alpha value is -2.44. The highest BCUT2D eigenvalue weighted by molar-refractivity contribution is 5.89. The van der Waals surface area contributed by atoms with Gasteiger partial charge in [0.1, 0.15) is 12.3 Å². The number of anilines is 1. The van der Waals surface area contributed by atoms with Gasteiger partial charge in [-0.05, 0) is 13.3 Å². The molecule has 0 bridgehead atoms. The van der Waals surface area contributed by atoms with Crippen LogP contribution in [-0.2, 0) is 17.8 Å². The normalized spacial score (nSPS) is 10.4. The number of aromatic nitrogens is 3. The SMILES string of the molecule is CCc1cc(=O)n(CC(=O)Nc2cc(C)on2)cn1. The number of hydrogen-bond acceptors (Lipinski definition) is 5. The van der Waals surface area contributed by atoms with Gasteiger partial charge in [-0.3, -0.25) is 14.2 Å². The number of nitrogens with zero attached hydrogens (tertiary/aromatic N) is 3. The summed E-state index contributed by atoms with van der Waals surface area (Å²) in [7, 11) is 0. The van der Waals surface area contributed by atoms with Crippen LogP contribution in [0.5, 0.6) is 0 Å². The van der Waals surface area contributed by atoms with Crippen LogP contribution in [0.15, 0.2) is 27.8 Å². The average molecular weight is 262 g/mol. The van der Waals surface area contributed by atoms with Crippen LogP contribution in [-0.4, -0.2) is 20.6 Å². The molecule has 100 valence electrons. The van der Waals surface area contributed by atoms with Gasteiger partial charge in [-0.2, -0.15) is 0 Å². The van der Waals surface area contributed by atoms with Crippen LogP contribution >= 0.6 is 0 Å². The van der Waals surface area contributed by atoms with E-state index in [4.69, 9.17) is 4.52 Å². The van der Waals surface area contributed by atoms with Crippen molar-refractivity contribution in [2.24, 2.45) is 0 Å². The molecule has 2 aromatic rings. The van der Waals surface area contributed by atoms with Crippen LogP contribution in [0.2, 0.25) is 0 Å². The van der Waals surface area contributed by atoms with Crippen molar-refractivity contribution >= 4 is 11.7 Å². The Labute approximate surface area is 109 Å². The fraction of sp³-hybridized carbons (Fsp3) is 0.333. The van der Waals surface area contributed by atoms with Crippen molar-refractivity contribution in [2.75, 3.05) is 5.32 Å². The molecule has 0 spiro atoms. The van der Waals surface area contributed by atoms with Crippen molar-refractivity contribution in [3.05, 3.63) is 40.3 Å². The van der Waals surface area contributed by atoms with Gasteiger partial charge in [0, 0.05) is 17.8 Å². The van der Waals surface area contributed by atoms with E-state index in [0.29, 0.717) is 23.7 Å². The first-order chi connectivity index (χ1) is 9.08. The summed E-state index contributed by atoms with van der Waals surface area (Å²) in [6.07, 6.45) is 2.05. The van der Waals surface area contributed by atoms with E-state index in [9.17, 15) is 9.59 Å². The van der Waals surface area contributed by atoms with Gasteiger partial charge < -0.3 is 9.84 Å². The van der Waals surface area contributed by atoms with Gasteiger partial charge in [0.25, 0.3) is 5.56 Å². The van der Waals surface area contributed by atoms with Gasteiger partial charge >= 0.3 is 0 Å². The Morgan fingerprint density at radius 1 is 1.47 bits per heavy atom. The zero-order valence-electron chi connectivity index (χ0n) is 10.7. The molecule has 0 radical (unpaired) electrons. The highest BCUT2D eigenvalue weighted by Gasteiger charge is 2.08. The second kappa shape index (κ2) is 5.47. The lowest BCUT2D eigenvalue weighted by Crippen LogP contribution is -2.27. The third kappa shape index (κ3) is 3.27. The van der Waals surface area contributed by atoms with E-state index < -0.39 is 0 Å². The minimum atomic E-state index is -0.360. The van der Waals surface area contributed by atoms with Crippen molar-refractivity contribution in [3.63, 3.8) is 0 Å². The molecule has 2 heterocycles. The first-order valence-corrected chi connectivity index (χ1v) is 5.87. The molecule has 19 heavy (non-hydrogen) atoms. The van der Waals surface area contributed by atoms with Gasteiger partial charge in [0.2, 0.25) is 5.91 Å². The van der Waals surface area contributed by atoms with Crippen LogP contribution in [0, 0.1) is 6.92 Å². The minimum absolute atomic E-state index is 0.109. The quantitative estimate of drug-likeness (QED) is 0.877. The number of rotatable bonds is 4. The molecule has 2 aromatic heterocycles. The van der Waals surface area contributed by atoms with Crippen molar-refractivity contribution in [1.29, 1.82) is 0 Å². The summed E-state index contributed by atoms with van der Waals surface area (Å²) in [5.41, 5.74) is 0.451. The molecule has 0 saturated carbocycles. The topological polar surface area (TPSA) is 90.0 Å². The van der Waals surface area contributed by atoms with Crippen molar-refractivity contribution in [1.82, 2.24) is 14.7 Å². The Bertz CT molecular complexity index is 644. The van der Waals surface area contributed by atoms with E-state index in [0.717, 1.165) is 0 Å². The molecule has 0 fully saturated rings. The molecular weight excluding hydrogens is 248 g/mol. The molecular formula is C12H14N4O3. The highest BCUT2D eigenvalue weighted by atomic mass is 16.5. The zero-order valence-corrected chi connectivity index (χ0v) is 10.7.